The Bertz CT molecular complexity index is 450. The molecule has 6 heteroatoms. The van der Waals surface area contributed by atoms with Crippen LogP contribution in [0.1, 0.15) is 27.2 Å². The van der Waals surface area contributed by atoms with Gasteiger partial charge in [0, 0.05) is 20.2 Å². The monoisotopic (exact) mass is 313 g/mol. The van der Waals surface area contributed by atoms with Crippen molar-refractivity contribution in [3.8, 4) is 0 Å². The summed E-state index contributed by atoms with van der Waals surface area (Å²) in [7, 11) is 1.46. The number of rotatable bonds is 6. The van der Waals surface area contributed by atoms with Crippen LogP contribution in [0.2, 0.25) is 0 Å². The number of ether oxygens (including phenoxy) is 2. The minimum absolute atomic E-state index is 0.0557. The van der Waals surface area contributed by atoms with E-state index < -0.39 is 23.8 Å². The second-order valence-corrected chi connectivity index (χ2v) is 6.51. The van der Waals surface area contributed by atoms with Crippen molar-refractivity contribution in [3.63, 3.8) is 0 Å². The van der Waals surface area contributed by atoms with Crippen LogP contribution in [0.4, 0.5) is 0 Å². The Morgan fingerprint density at radius 2 is 2.18 bits per heavy atom. The Morgan fingerprint density at radius 3 is 2.77 bits per heavy atom. The average molecular weight is 313 g/mol. The minimum atomic E-state index is -1.68. The first-order valence-electron chi connectivity index (χ1n) is 7.85. The van der Waals surface area contributed by atoms with Crippen molar-refractivity contribution in [1.82, 2.24) is 4.90 Å². The number of nitrogens with zero attached hydrogens (tertiary/aromatic N) is 1. The molecule has 0 bridgehead atoms. The number of esters is 1. The zero-order valence-corrected chi connectivity index (χ0v) is 13.8. The van der Waals surface area contributed by atoms with E-state index in [1.807, 2.05) is 6.08 Å². The van der Waals surface area contributed by atoms with E-state index in [0.717, 1.165) is 25.1 Å². The number of aliphatic hydroxyl groups excluding tert-OH is 1. The van der Waals surface area contributed by atoms with Gasteiger partial charge in [0.15, 0.2) is 5.60 Å². The molecule has 0 aromatic heterocycles. The highest BCUT2D eigenvalue weighted by molar-refractivity contribution is 5.80. The largest absolute Gasteiger partial charge is 0.459 e. The standard InChI is InChI=1S/C16H27NO5/c1-10(2)16(20,11(3)21-4)15(19)22-9-12-5-7-17-8-6-13(18)14(12)17/h5,10-11,13-14,18,20H,6-9H2,1-4H3/t11-,13-,14+,16-/m1/s1. The third-order valence-electron chi connectivity index (χ3n) is 4.99. The fourth-order valence-electron chi connectivity index (χ4n) is 3.34. The highest BCUT2D eigenvalue weighted by atomic mass is 16.6. The van der Waals surface area contributed by atoms with Crippen molar-refractivity contribution in [2.24, 2.45) is 5.92 Å². The highest BCUT2D eigenvalue weighted by Crippen LogP contribution is 2.30. The first-order chi connectivity index (χ1) is 10.3. The van der Waals surface area contributed by atoms with E-state index in [1.54, 1.807) is 20.8 Å². The van der Waals surface area contributed by atoms with Gasteiger partial charge >= 0.3 is 5.97 Å². The van der Waals surface area contributed by atoms with Gasteiger partial charge < -0.3 is 19.7 Å². The lowest BCUT2D eigenvalue weighted by Crippen LogP contribution is -2.54. The summed E-state index contributed by atoms with van der Waals surface area (Å²) >= 11 is 0. The number of aliphatic hydroxyl groups is 2. The van der Waals surface area contributed by atoms with Crippen LogP contribution in [-0.4, -0.2) is 71.7 Å². The molecule has 2 rings (SSSR count). The molecule has 0 amide bonds. The van der Waals surface area contributed by atoms with E-state index in [1.165, 1.54) is 7.11 Å². The molecule has 6 nitrogen and oxygen atoms in total. The Labute approximate surface area is 131 Å². The lowest BCUT2D eigenvalue weighted by atomic mass is 9.85. The molecule has 1 saturated heterocycles. The van der Waals surface area contributed by atoms with E-state index in [-0.39, 0.29) is 18.6 Å². The summed E-state index contributed by atoms with van der Waals surface area (Å²) in [6.07, 6.45) is 1.67. The predicted molar refractivity (Wildman–Crippen MR) is 81.3 cm³/mol. The van der Waals surface area contributed by atoms with Gasteiger partial charge in [-0.25, -0.2) is 4.79 Å². The van der Waals surface area contributed by atoms with Gasteiger partial charge in [-0.15, -0.1) is 0 Å². The number of carbonyl (C=O) groups is 1. The maximum absolute atomic E-state index is 12.4. The Kier molecular flexibility index (Phi) is 5.27. The summed E-state index contributed by atoms with van der Waals surface area (Å²) in [5.41, 5.74) is -0.767. The molecule has 0 unspecified atom stereocenters. The SMILES string of the molecule is CO[C@H](C)[C@@](O)(C(=O)OCC1=CCN2CC[C@@H](O)[C@H]12)C(C)C. The van der Waals surface area contributed by atoms with Gasteiger partial charge in [-0.2, -0.15) is 0 Å². The quantitative estimate of drug-likeness (QED) is 0.543. The van der Waals surface area contributed by atoms with Gasteiger partial charge in [0.1, 0.15) is 6.61 Å². The fraction of sp³-hybridized carbons (Fsp3) is 0.812. The number of methoxy groups -OCH3 is 1. The van der Waals surface area contributed by atoms with Crippen molar-refractivity contribution in [3.05, 3.63) is 11.6 Å². The molecule has 2 aliphatic rings. The summed E-state index contributed by atoms with van der Waals surface area (Å²) in [6, 6.07) is -0.0557. The van der Waals surface area contributed by atoms with Crippen LogP contribution in [0, 0.1) is 5.92 Å². The maximum Gasteiger partial charge on any atom is 0.341 e. The van der Waals surface area contributed by atoms with Crippen LogP contribution in [0.25, 0.3) is 0 Å². The molecule has 0 aromatic carbocycles. The molecule has 0 spiro atoms. The highest BCUT2D eigenvalue weighted by Gasteiger charge is 2.47. The summed E-state index contributed by atoms with van der Waals surface area (Å²) in [5, 5.41) is 20.7. The van der Waals surface area contributed by atoms with Gasteiger partial charge in [0.2, 0.25) is 0 Å². The summed E-state index contributed by atoms with van der Waals surface area (Å²) in [5.74, 6) is -1.01. The van der Waals surface area contributed by atoms with Gasteiger partial charge in [-0.1, -0.05) is 19.9 Å². The van der Waals surface area contributed by atoms with E-state index in [9.17, 15) is 15.0 Å². The maximum atomic E-state index is 12.4. The molecule has 0 saturated carbocycles. The molecule has 0 aliphatic carbocycles. The van der Waals surface area contributed by atoms with Crippen molar-refractivity contribution in [1.29, 1.82) is 0 Å². The van der Waals surface area contributed by atoms with Crippen LogP contribution < -0.4 is 0 Å². The zero-order chi connectivity index (χ0) is 16.5. The van der Waals surface area contributed by atoms with E-state index in [4.69, 9.17) is 9.47 Å². The third kappa shape index (κ3) is 2.93. The van der Waals surface area contributed by atoms with Crippen LogP contribution in [0.3, 0.4) is 0 Å². The first-order valence-corrected chi connectivity index (χ1v) is 7.85. The Hall–Kier alpha value is -0.950. The molecule has 22 heavy (non-hydrogen) atoms. The van der Waals surface area contributed by atoms with Gasteiger partial charge in [-0.05, 0) is 24.8 Å². The number of hydrogen-bond acceptors (Lipinski definition) is 6. The van der Waals surface area contributed by atoms with Crippen LogP contribution >= 0.6 is 0 Å². The van der Waals surface area contributed by atoms with Crippen LogP contribution in [0.15, 0.2) is 11.6 Å². The van der Waals surface area contributed by atoms with Gasteiger partial charge in [0.05, 0.1) is 18.2 Å². The molecule has 4 atom stereocenters. The molecule has 1 fully saturated rings. The summed E-state index contributed by atoms with van der Waals surface area (Å²) < 4.78 is 10.5. The predicted octanol–water partition coefficient (Wildman–Crippen LogP) is 0.327. The molecular formula is C16H27NO5. The topological polar surface area (TPSA) is 79.2 Å². The number of fused-ring (bicyclic) bond motifs is 1. The lowest BCUT2D eigenvalue weighted by Gasteiger charge is -2.34. The lowest BCUT2D eigenvalue weighted by molar-refractivity contribution is -0.186. The van der Waals surface area contributed by atoms with E-state index in [2.05, 4.69) is 4.90 Å². The van der Waals surface area contributed by atoms with Gasteiger partial charge in [-0.3, -0.25) is 4.90 Å². The normalized spacial score (nSPS) is 29.1. The zero-order valence-electron chi connectivity index (χ0n) is 13.8. The van der Waals surface area contributed by atoms with E-state index in [0.29, 0.717) is 0 Å². The van der Waals surface area contributed by atoms with Crippen molar-refractivity contribution >= 4 is 5.97 Å². The van der Waals surface area contributed by atoms with Gasteiger partial charge in [0.25, 0.3) is 0 Å². The first kappa shape index (κ1) is 17.4. The Morgan fingerprint density at radius 1 is 1.50 bits per heavy atom. The average Bonchev–Trinajstić information content (AvgIpc) is 3.06. The smallest absolute Gasteiger partial charge is 0.341 e. The molecular weight excluding hydrogens is 286 g/mol. The fourth-order valence-corrected chi connectivity index (χ4v) is 3.34. The van der Waals surface area contributed by atoms with Crippen molar-refractivity contribution in [2.75, 3.05) is 26.8 Å². The van der Waals surface area contributed by atoms with E-state index >= 15 is 0 Å². The van der Waals surface area contributed by atoms with Crippen LogP contribution in [-0.2, 0) is 14.3 Å². The summed E-state index contributed by atoms with van der Waals surface area (Å²) in [6.45, 7) is 6.90. The second-order valence-electron chi connectivity index (χ2n) is 6.51. The molecule has 2 aliphatic heterocycles. The molecule has 0 aromatic rings. The number of carbonyl (C=O) groups excluding carboxylic acids is 1. The third-order valence-corrected chi connectivity index (χ3v) is 4.99. The molecule has 2 heterocycles. The number of hydrogen-bond donors (Lipinski definition) is 2. The van der Waals surface area contributed by atoms with Crippen LogP contribution in [0.5, 0.6) is 0 Å². The summed E-state index contributed by atoms with van der Waals surface area (Å²) in [4.78, 5) is 14.5. The minimum Gasteiger partial charge on any atom is -0.459 e. The molecule has 2 N–H and O–H groups in total. The van der Waals surface area contributed by atoms with Crippen molar-refractivity contribution in [2.45, 2.75) is 51.0 Å². The second kappa shape index (κ2) is 6.66. The molecule has 0 radical (unpaired) electrons. The Balaban J connectivity index is 2.00. The van der Waals surface area contributed by atoms with Crippen molar-refractivity contribution < 1.29 is 24.5 Å². The molecule has 126 valence electrons.